The summed E-state index contributed by atoms with van der Waals surface area (Å²) in [7, 11) is 0. The average molecular weight is 244 g/mol. The fourth-order valence-corrected chi connectivity index (χ4v) is 3.12. The molecule has 1 fully saturated rings. The van der Waals surface area contributed by atoms with Gasteiger partial charge in [0.05, 0.1) is 0 Å². The van der Waals surface area contributed by atoms with Crippen molar-refractivity contribution < 1.29 is 0 Å². The van der Waals surface area contributed by atoms with E-state index >= 15 is 0 Å². The summed E-state index contributed by atoms with van der Waals surface area (Å²) in [5, 5.41) is 7.19. The van der Waals surface area contributed by atoms with Gasteiger partial charge in [-0.05, 0) is 41.7 Å². The van der Waals surface area contributed by atoms with Crippen molar-refractivity contribution in [2.45, 2.75) is 39.7 Å². The summed E-state index contributed by atoms with van der Waals surface area (Å²) in [5.41, 5.74) is 4.91. The molecule has 2 N–H and O–H groups in total. The van der Waals surface area contributed by atoms with Crippen LogP contribution in [0.4, 0.5) is 5.69 Å². The van der Waals surface area contributed by atoms with Crippen molar-refractivity contribution in [3.63, 3.8) is 0 Å². The van der Waals surface area contributed by atoms with Gasteiger partial charge >= 0.3 is 0 Å². The van der Waals surface area contributed by atoms with Gasteiger partial charge in [0.15, 0.2) is 0 Å². The highest BCUT2D eigenvalue weighted by atomic mass is 14.9. The highest BCUT2D eigenvalue weighted by molar-refractivity contribution is 5.61. The molecule has 0 atom stereocenters. The maximum absolute atomic E-state index is 3.68. The quantitative estimate of drug-likeness (QED) is 0.831. The predicted octanol–water partition coefficient (Wildman–Crippen LogP) is 3.18. The minimum Gasteiger partial charge on any atom is -0.384 e. The molecule has 2 aliphatic rings. The second kappa shape index (κ2) is 4.58. The summed E-state index contributed by atoms with van der Waals surface area (Å²) in [4.78, 5) is 0. The lowest BCUT2D eigenvalue weighted by molar-refractivity contribution is 0.338. The van der Waals surface area contributed by atoms with Gasteiger partial charge in [-0.1, -0.05) is 32.0 Å². The number of benzene rings is 1. The van der Waals surface area contributed by atoms with E-state index in [1.165, 1.54) is 42.6 Å². The molecule has 1 aromatic carbocycles. The first kappa shape index (κ1) is 12.0. The molecule has 0 bridgehead atoms. The van der Waals surface area contributed by atoms with Crippen molar-refractivity contribution in [1.29, 1.82) is 0 Å². The van der Waals surface area contributed by atoms with Gasteiger partial charge in [-0.3, -0.25) is 0 Å². The molecule has 18 heavy (non-hydrogen) atoms. The third-order valence-corrected chi connectivity index (χ3v) is 4.84. The number of para-hydroxylation sites is 1. The van der Waals surface area contributed by atoms with Crippen molar-refractivity contribution in [1.82, 2.24) is 5.32 Å². The molecule has 3 rings (SSSR count). The maximum atomic E-state index is 3.68. The van der Waals surface area contributed by atoms with Crippen LogP contribution in [0.5, 0.6) is 0 Å². The van der Waals surface area contributed by atoms with E-state index in [1.54, 1.807) is 0 Å². The third kappa shape index (κ3) is 2.14. The van der Waals surface area contributed by atoms with Gasteiger partial charge in [0.1, 0.15) is 0 Å². The second-order valence-electron chi connectivity index (χ2n) is 6.25. The normalized spacial score (nSPS) is 19.7. The first-order chi connectivity index (χ1) is 8.71. The number of rotatable bonds is 5. The molecule has 2 heteroatoms. The SMILES string of the molecule is CC(C)C1(CNCc2cccc3c2NCC3)CC1. The molecule has 1 aliphatic carbocycles. The lowest BCUT2D eigenvalue weighted by Crippen LogP contribution is -2.27. The van der Waals surface area contributed by atoms with Crippen LogP contribution in [0.1, 0.15) is 37.8 Å². The monoisotopic (exact) mass is 244 g/mol. The Bertz CT molecular complexity index is 433. The van der Waals surface area contributed by atoms with E-state index in [0.717, 1.165) is 19.0 Å². The number of fused-ring (bicyclic) bond motifs is 1. The molecule has 0 spiro atoms. The summed E-state index contributed by atoms with van der Waals surface area (Å²) in [5.74, 6) is 0.810. The maximum Gasteiger partial charge on any atom is 0.0419 e. The molecular weight excluding hydrogens is 220 g/mol. The zero-order chi connectivity index (χ0) is 12.6. The van der Waals surface area contributed by atoms with Crippen LogP contribution in [0.25, 0.3) is 0 Å². The van der Waals surface area contributed by atoms with Crippen molar-refractivity contribution in [3.05, 3.63) is 29.3 Å². The first-order valence-corrected chi connectivity index (χ1v) is 7.27. The van der Waals surface area contributed by atoms with Gasteiger partial charge in [0.25, 0.3) is 0 Å². The molecule has 1 aromatic rings. The zero-order valence-electron chi connectivity index (χ0n) is 11.6. The van der Waals surface area contributed by atoms with Crippen LogP contribution in [-0.2, 0) is 13.0 Å². The van der Waals surface area contributed by atoms with Crippen molar-refractivity contribution in [3.8, 4) is 0 Å². The van der Waals surface area contributed by atoms with E-state index in [2.05, 4.69) is 42.7 Å². The van der Waals surface area contributed by atoms with E-state index in [-0.39, 0.29) is 0 Å². The largest absolute Gasteiger partial charge is 0.384 e. The topological polar surface area (TPSA) is 24.1 Å². The molecule has 2 nitrogen and oxygen atoms in total. The number of anilines is 1. The van der Waals surface area contributed by atoms with Gasteiger partial charge in [-0.15, -0.1) is 0 Å². The molecule has 1 saturated carbocycles. The van der Waals surface area contributed by atoms with Crippen LogP contribution >= 0.6 is 0 Å². The standard InChI is InChI=1S/C16H24N2/c1-12(2)16(7-8-16)11-17-10-14-5-3-4-13-6-9-18-15(13)14/h3-5,12,17-18H,6-11H2,1-2H3. The Morgan fingerprint density at radius 2 is 2.17 bits per heavy atom. The van der Waals surface area contributed by atoms with Gasteiger partial charge < -0.3 is 10.6 Å². The summed E-state index contributed by atoms with van der Waals surface area (Å²) in [6.45, 7) is 7.99. The van der Waals surface area contributed by atoms with Crippen LogP contribution in [0.15, 0.2) is 18.2 Å². The smallest absolute Gasteiger partial charge is 0.0419 e. The Labute approximate surface area is 110 Å². The van der Waals surface area contributed by atoms with E-state index in [4.69, 9.17) is 0 Å². The number of nitrogens with one attached hydrogen (secondary N) is 2. The molecule has 0 saturated heterocycles. The molecule has 0 amide bonds. The second-order valence-corrected chi connectivity index (χ2v) is 6.25. The minimum atomic E-state index is 0.603. The molecule has 0 unspecified atom stereocenters. The van der Waals surface area contributed by atoms with Crippen LogP contribution < -0.4 is 10.6 Å². The zero-order valence-corrected chi connectivity index (χ0v) is 11.6. The van der Waals surface area contributed by atoms with E-state index < -0.39 is 0 Å². The highest BCUT2D eigenvalue weighted by Crippen LogP contribution is 2.51. The summed E-state index contributed by atoms with van der Waals surface area (Å²) >= 11 is 0. The van der Waals surface area contributed by atoms with E-state index in [1.807, 2.05) is 0 Å². The molecule has 0 aromatic heterocycles. The molecule has 1 aliphatic heterocycles. The van der Waals surface area contributed by atoms with Crippen LogP contribution in [0, 0.1) is 11.3 Å². The Kier molecular flexibility index (Phi) is 3.06. The lowest BCUT2D eigenvalue weighted by atomic mass is 9.92. The third-order valence-electron chi connectivity index (χ3n) is 4.84. The van der Waals surface area contributed by atoms with Crippen LogP contribution in [-0.4, -0.2) is 13.1 Å². The molecule has 0 radical (unpaired) electrons. The van der Waals surface area contributed by atoms with Crippen molar-refractivity contribution in [2.24, 2.45) is 11.3 Å². The van der Waals surface area contributed by atoms with E-state index in [9.17, 15) is 0 Å². The molecule has 1 heterocycles. The average Bonchev–Trinajstić information content (AvgIpc) is 2.99. The van der Waals surface area contributed by atoms with Crippen LogP contribution in [0.2, 0.25) is 0 Å². The van der Waals surface area contributed by atoms with Gasteiger partial charge in [0.2, 0.25) is 0 Å². The van der Waals surface area contributed by atoms with Crippen molar-refractivity contribution in [2.75, 3.05) is 18.4 Å². The Morgan fingerprint density at radius 1 is 1.33 bits per heavy atom. The van der Waals surface area contributed by atoms with Crippen LogP contribution in [0.3, 0.4) is 0 Å². The lowest BCUT2D eigenvalue weighted by Gasteiger charge is -2.20. The summed E-state index contributed by atoms with van der Waals surface area (Å²) in [6, 6.07) is 6.69. The Hall–Kier alpha value is -1.02. The van der Waals surface area contributed by atoms with Crippen molar-refractivity contribution >= 4 is 5.69 Å². The highest BCUT2D eigenvalue weighted by Gasteiger charge is 2.44. The number of hydrogen-bond donors (Lipinski definition) is 2. The Morgan fingerprint density at radius 3 is 2.89 bits per heavy atom. The van der Waals surface area contributed by atoms with Gasteiger partial charge in [0, 0.05) is 25.3 Å². The first-order valence-electron chi connectivity index (χ1n) is 7.27. The summed E-state index contributed by atoms with van der Waals surface area (Å²) < 4.78 is 0. The fourth-order valence-electron chi connectivity index (χ4n) is 3.12. The minimum absolute atomic E-state index is 0.603. The van der Waals surface area contributed by atoms with E-state index in [0.29, 0.717) is 5.41 Å². The fraction of sp³-hybridized carbons (Fsp3) is 0.625. The molecular formula is C16H24N2. The van der Waals surface area contributed by atoms with Gasteiger partial charge in [-0.2, -0.15) is 0 Å². The predicted molar refractivity (Wildman–Crippen MR) is 76.8 cm³/mol. The number of hydrogen-bond acceptors (Lipinski definition) is 2. The molecule has 98 valence electrons. The van der Waals surface area contributed by atoms with Gasteiger partial charge in [-0.25, -0.2) is 0 Å². The Balaban J connectivity index is 1.60. The summed E-state index contributed by atoms with van der Waals surface area (Å²) in [6.07, 6.45) is 3.99.